The number of aryl methyl sites for hydroxylation is 1. The second kappa shape index (κ2) is 4.28. The van der Waals surface area contributed by atoms with Crippen molar-refractivity contribution >= 4 is 11.8 Å². The number of rotatable bonds is 2. The van der Waals surface area contributed by atoms with Crippen LogP contribution in [-0.4, -0.2) is 22.4 Å². The van der Waals surface area contributed by atoms with E-state index in [4.69, 9.17) is 5.26 Å². The van der Waals surface area contributed by atoms with E-state index < -0.39 is 0 Å². The van der Waals surface area contributed by atoms with Crippen LogP contribution in [0.3, 0.4) is 0 Å². The van der Waals surface area contributed by atoms with Crippen LogP contribution >= 0.6 is 0 Å². The molecule has 1 aromatic heterocycles. The highest BCUT2D eigenvalue weighted by Gasteiger charge is 2.09. The molecule has 0 unspecified atom stereocenters. The maximum Gasteiger partial charge on any atom is 0.320 e. The van der Waals surface area contributed by atoms with Gasteiger partial charge in [-0.3, -0.25) is 10.00 Å². The van der Waals surface area contributed by atoms with Crippen LogP contribution in [0.4, 0.5) is 10.6 Å². The van der Waals surface area contributed by atoms with Crippen molar-refractivity contribution in [1.29, 1.82) is 5.26 Å². The van der Waals surface area contributed by atoms with Crippen LogP contribution < -0.4 is 10.6 Å². The maximum absolute atomic E-state index is 11.1. The molecule has 6 heteroatoms. The molecule has 1 rings (SSSR count). The molecular formula is C8H11N5O. The number of nitrogens with zero attached hydrogens (tertiary/aromatic N) is 3. The van der Waals surface area contributed by atoms with Gasteiger partial charge in [-0.05, 0) is 6.92 Å². The smallest absolute Gasteiger partial charge is 0.320 e. The lowest BCUT2D eigenvalue weighted by Gasteiger charge is -2.01. The Morgan fingerprint density at radius 2 is 2.50 bits per heavy atom. The number of carbonyl (C=O) groups is 1. The number of nitriles is 1. The largest absolute Gasteiger partial charge is 0.338 e. The Labute approximate surface area is 81.5 Å². The summed E-state index contributed by atoms with van der Waals surface area (Å²) >= 11 is 0. The standard InChI is InChI=1S/C8H11N5O/c1-3-10-8(14)11-7-6(4-9)5-13(2)12-7/h5H,3H2,1-2H3,(H2,10,11,12,14). The van der Waals surface area contributed by atoms with E-state index in [2.05, 4.69) is 15.7 Å². The lowest BCUT2D eigenvalue weighted by Crippen LogP contribution is -2.28. The van der Waals surface area contributed by atoms with Crippen molar-refractivity contribution in [3.05, 3.63) is 11.8 Å². The number of urea groups is 1. The van der Waals surface area contributed by atoms with Crippen molar-refractivity contribution < 1.29 is 4.79 Å². The fourth-order valence-corrected chi connectivity index (χ4v) is 0.975. The van der Waals surface area contributed by atoms with Gasteiger partial charge in [0.1, 0.15) is 11.6 Å². The number of nitrogens with one attached hydrogen (secondary N) is 2. The number of carbonyl (C=O) groups excluding carboxylic acids is 1. The SMILES string of the molecule is CCNC(=O)Nc1nn(C)cc1C#N. The topological polar surface area (TPSA) is 82.7 Å². The van der Waals surface area contributed by atoms with Crippen molar-refractivity contribution in [2.24, 2.45) is 7.05 Å². The van der Waals surface area contributed by atoms with Gasteiger partial charge in [0.15, 0.2) is 5.82 Å². The van der Waals surface area contributed by atoms with E-state index >= 15 is 0 Å². The molecule has 0 aliphatic carbocycles. The van der Waals surface area contributed by atoms with Crippen LogP contribution in [0, 0.1) is 11.3 Å². The van der Waals surface area contributed by atoms with Crippen LogP contribution in [-0.2, 0) is 7.05 Å². The van der Waals surface area contributed by atoms with Gasteiger partial charge in [-0.25, -0.2) is 4.79 Å². The molecule has 74 valence electrons. The van der Waals surface area contributed by atoms with Gasteiger partial charge in [-0.2, -0.15) is 10.4 Å². The van der Waals surface area contributed by atoms with Gasteiger partial charge in [-0.1, -0.05) is 0 Å². The summed E-state index contributed by atoms with van der Waals surface area (Å²) in [5.74, 6) is 0.279. The summed E-state index contributed by atoms with van der Waals surface area (Å²) in [7, 11) is 1.68. The van der Waals surface area contributed by atoms with Gasteiger partial charge in [0.2, 0.25) is 0 Å². The molecule has 0 aromatic carbocycles. The fourth-order valence-electron chi connectivity index (χ4n) is 0.975. The van der Waals surface area contributed by atoms with E-state index in [0.29, 0.717) is 12.1 Å². The Bertz CT molecular complexity index is 376. The average Bonchev–Trinajstić information content (AvgIpc) is 2.46. The monoisotopic (exact) mass is 193 g/mol. The van der Waals surface area contributed by atoms with Gasteiger partial charge < -0.3 is 5.32 Å². The molecule has 0 bridgehead atoms. The molecule has 0 atom stereocenters. The summed E-state index contributed by atoms with van der Waals surface area (Å²) in [6, 6.07) is 1.58. The van der Waals surface area contributed by atoms with E-state index in [1.807, 2.05) is 13.0 Å². The predicted octanol–water partition coefficient (Wildman–Crippen LogP) is 0.433. The first-order valence-electron chi connectivity index (χ1n) is 4.16. The molecule has 2 N–H and O–H groups in total. The molecule has 0 radical (unpaired) electrons. The third kappa shape index (κ3) is 2.23. The second-order valence-electron chi connectivity index (χ2n) is 2.66. The first kappa shape index (κ1) is 10.1. The average molecular weight is 193 g/mol. The molecule has 0 saturated carbocycles. The summed E-state index contributed by atoms with van der Waals surface area (Å²) in [5, 5.41) is 17.6. The Hall–Kier alpha value is -2.03. The summed E-state index contributed by atoms with van der Waals surface area (Å²) < 4.78 is 1.47. The zero-order valence-corrected chi connectivity index (χ0v) is 8.03. The second-order valence-corrected chi connectivity index (χ2v) is 2.66. The molecule has 1 aromatic rings. The molecule has 14 heavy (non-hydrogen) atoms. The predicted molar refractivity (Wildman–Crippen MR) is 50.6 cm³/mol. The minimum Gasteiger partial charge on any atom is -0.338 e. The van der Waals surface area contributed by atoms with Crippen molar-refractivity contribution in [3.8, 4) is 6.07 Å². The third-order valence-electron chi connectivity index (χ3n) is 1.52. The molecule has 1 heterocycles. The molecule has 0 aliphatic rings. The zero-order chi connectivity index (χ0) is 10.6. The first-order chi connectivity index (χ1) is 6.67. The van der Waals surface area contributed by atoms with Gasteiger partial charge in [0, 0.05) is 19.8 Å². The summed E-state index contributed by atoms with van der Waals surface area (Å²) in [6.07, 6.45) is 1.54. The van der Waals surface area contributed by atoms with Crippen LogP contribution in [0.5, 0.6) is 0 Å². The van der Waals surface area contributed by atoms with Gasteiger partial charge >= 0.3 is 6.03 Å². The van der Waals surface area contributed by atoms with E-state index in [9.17, 15) is 4.79 Å². The van der Waals surface area contributed by atoms with Crippen LogP contribution in [0.1, 0.15) is 12.5 Å². The molecular weight excluding hydrogens is 182 g/mol. The molecule has 6 nitrogen and oxygen atoms in total. The third-order valence-corrected chi connectivity index (χ3v) is 1.52. The summed E-state index contributed by atoms with van der Waals surface area (Å²) in [4.78, 5) is 11.1. The number of hydrogen-bond donors (Lipinski definition) is 2. The maximum atomic E-state index is 11.1. The minimum atomic E-state index is -0.359. The minimum absolute atomic E-state index is 0.279. The summed E-state index contributed by atoms with van der Waals surface area (Å²) in [6.45, 7) is 2.34. The van der Waals surface area contributed by atoms with Crippen LogP contribution in [0.25, 0.3) is 0 Å². The Morgan fingerprint density at radius 3 is 3.07 bits per heavy atom. The van der Waals surface area contributed by atoms with Gasteiger partial charge in [0.25, 0.3) is 0 Å². The lowest BCUT2D eigenvalue weighted by atomic mass is 10.4. The number of aromatic nitrogens is 2. The van der Waals surface area contributed by atoms with E-state index in [-0.39, 0.29) is 11.8 Å². The first-order valence-corrected chi connectivity index (χ1v) is 4.16. The molecule has 0 saturated heterocycles. The Kier molecular flexibility index (Phi) is 3.07. The quantitative estimate of drug-likeness (QED) is 0.714. The molecule has 0 aliphatic heterocycles. The Morgan fingerprint density at radius 1 is 1.79 bits per heavy atom. The molecule has 0 spiro atoms. The van der Waals surface area contributed by atoms with Crippen molar-refractivity contribution in [3.63, 3.8) is 0 Å². The molecule has 2 amide bonds. The highest BCUT2D eigenvalue weighted by Crippen LogP contribution is 2.09. The van der Waals surface area contributed by atoms with Crippen LogP contribution in [0.15, 0.2) is 6.20 Å². The number of anilines is 1. The van der Waals surface area contributed by atoms with Gasteiger partial charge in [-0.15, -0.1) is 0 Å². The highest BCUT2D eigenvalue weighted by molar-refractivity contribution is 5.89. The van der Waals surface area contributed by atoms with Crippen molar-refractivity contribution in [1.82, 2.24) is 15.1 Å². The molecule has 0 fully saturated rings. The van der Waals surface area contributed by atoms with Crippen molar-refractivity contribution in [2.75, 3.05) is 11.9 Å². The van der Waals surface area contributed by atoms with E-state index in [0.717, 1.165) is 0 Å². The highest BCUT2D eigenvalue weighted by atomic mass is 16.2. The van der Waals surface area contributed by atoms with Crippen molar-refractivity contribution in [2.45, 2.75) is 6.92 Å². The van der Waals surface area contributed by atoms with E-state index in [1.165, 1.54) is 4.68 Å². The fraction of sp³-hybridized carbons (Fsp3) is 0.375. The summed E-state index contributed by atoms with van der Waals surface area (Å²) in [5.41, 5.74) is 0.346. The Balaban J connectivity index is 2.76. The van der Waals surface area contributed by atoms with Gasteiger partial charge in [0.05, 0.1) is 0 Å². The number of hydrogen-bond acceptors (Lipinski definition) is 3. The van der Waals surface area contributed by atoms with E-state index in [1.54, 1.807) is 13.2 Å². The van der Waals surface area contributed by atoms with Crippen LogP contribution in [0.2, 0.25) is 0 Å². The number of amides is 2. The lowest BCUT2D eigenvalue weighted by molar-refractivity contribution is 0.252. The zero-order valence-electron chi connectivity index (χ0n) is 8.03. The normalized spacial score (nSPS) is 9.21.